The Kier molecular flexibility index (Phi) is 3.99. The fourth-order valence-electron chi connectivity index (χ4n) is 4.60. The lowest BCUT2D eigenvalue weighted by Gasteiger charge is -2.23. The maximum Gasteiger partial charge on any atom is 0.101 e. The molecule has 5 rings (SSSR count). The van der Waals surface area contributed by atoms with Crippen LogP contribution in [0, 0.1) is 0 Å². The smallest absolute Gasteiger partial charge is 0.101 e. The Hall–Kier alpha value is -3.46. The van der Waals surface area contributed by atoms with Gasteiger partial charge < -0.3 is 4.90 Å². The molecule has 0 amide bonds. The number of fused-ring (bicyclic) bond motifs is 4. The quantitative estimate of drug-likeness (QED) is 0.320. The van der Waals surface area contributed by atoms with Gasteiger partial charge in [-0.2, -0.15) is 5.10 Å². The molecule has 142 valence electrons. The zero-order chi connectivity index (χ0) is 20.0. The van der Waals surface area contributed by atoms with Gasteiger partial charge in [-0.05, 0) is 28.8 Å². The van der Waals surface area contributed by atoms with Gasteiger partial charge in [-0.25, -0.2) is 0 Å². The van der Waals surface area contributed by atoms with E-state index in [-0.39, 0.29) is 5.41 Å². The molecular weight excluding hydrogens is 354 g/mol. The van der Waals surface area contributed by atoms with Crippen LogP contribution in [-0.4, -0.2) is 19.0 Å². The lowest BCUT2D eigenvalue weighted by molar-refractivity contribution is 0.641. The number of hydrogen-bond acceptors (Lipinski definition) is 3. The van der Waals surface area contributed by atoms with Crippen molar-refractivity contribution in [3.8, 4) is 11.1 Å². The molecule has 2 aliphatic rings. The zero-order valence-electron chi connectivity index (χ0n) is 16.9. The van der Waals surface area contributed by atoms with Crippen molar-refractivity contribution in [2.24, 2.45) is 10.2 Å². The summed E-state index contributed by atoms with van der Waals surface area (Å²) in [6.45, 7) is 4.51. The first-order valence-electron chi connectivity index (χ1n) is 9.93. The van der Waals surface area contributed by atoms with Crippen molar-refractivity contribution >= 4 is 17.6 Å². The van der Waals surface area contributed by atoms with E-state index >= 15 is 0 Å². The van der Waals surface area contributed by atoms with Crippen molar-refractivity contribution in [3.05, 3.63) is 101 Å². The average molecular weight is 377 g/mol. The van der Waals surface area contributed by atoms with E-state index in [1.165, 1.54) is 28.1 Å². The van der Waals surface area contributed by atoms with Crippen LogP contribution in [0.3, 0.4) is 0 Å². The first-order chi connectivity index (χ1) is 14.1. The standard InChI is InChI=1S/C26H23N3/c1-26(2)22-14-8-9-15-23(22)29(3)24(26)16-17-27-28-25-20-12-6-4-10-18(20)19-11-5-7-13-21(19)25/h4-17H,1-3H3. The minimum Gasteiger partial charge on any atom is -0.347 e. The van der Waals surface area contributed by atoms with Gasteiger partial charge in [0.2, 0.25) is 0 Å². The van der Waals surface area contributed by atoms with Gasteiger partial charge in [0.15, 0.2) is 0 Å². The maximum atomic E-state index is 4.61. The number of hydrogen-bond donors (Lipinski definition) is 0. The third-order valence-electron chi connectivity index (χ3n) is 6.05. The first kappa shape index (κ1) is 17.6. The molecule has 1 aliphatic carbocycles. The number of benzene rings is 3. The summed E-state index contributed by atoms with van der Waals surface area (Å²) in [7, 11) is 2.11. The highest BCUT2D eigenvalue weighted by Crippen LogP contribution is 2.46. The van der Waals surface area contributed by atoms with Gasteiger partial charge in [-0.15, -0.1) is 5.10 Å². The molecule has 0 saturated carbocycles. The van der Waals surface area contributed by atoms with Crippen LogP contribution in [0.5, 0.6) is 0 Å². The van der Waals surface area contributed by atoms with E-state index in [2.05, 4.69) is 115 Å². The van der Waals surface area contributed by atoms with Crippen molar-refractivity contribution in [1.29, 1.82) is 0 Å². The van der Waals surface area contributed by atoms with E-state index in [1.54, 1.807) is 0 Å². The molecule has 0 atom stereocenters. The molecule has 0 N–H and O–H groups in total. The van der Waals surface area contributed by atoms with E-state index in [1.807, 2.05) is 6.21 Å². The summed E-state index contributed by atoms with van der Waals surface area (Å²) >= 11 is 0. The van der Waals surface area contributed by atoms with Crippen LogP contribution < -0.4 is 4.90 Å². The molecule has 3 aromatic rings. The summed E-state index contributed by atoms with van der Waals surface area (Å²) < 4.78 is 0. The van der Waals surface area contributed by atoms with E-state index in [0.29, 0.717) is 0 Å². The molecule has 3 nitrogen and oxygen atoms in total. The Labute approximate surface area is 171 Å². The van der Waals surface area contributed by atoms with Crippen LogP contribution in [0.4, 0.5) is 5.69 Å². The SMILES string of the molecule is CN1C(=CC=NN=C2c3ccccc3-c3ccccc32)C(C)(C)c2ccccc21. The number of nitrogens with zero attached hydrogens (tertiary/aromatic N) is 3. The molecular formula is C26H23N3. The number of allylic oxidation sites excluding steroid dienone is 2. The highest BCUT2D eigenvalue weighted by molar-refractivity contribution is 6.24. The third kappa shape index (κ3) is 2.65. The largest absolute Gasteiger partial charge is 0.347 e. The molecule has 3 heteroatoms. The van der Waals surface area contributed by atoms with Crippen LogP contribution in [-0.2, 0) is 5.41 Å². The van der Waals surface area contributed by atoms with Gasteiger partial charge in [0, 0.05) is 35.0 Å². The number of anilines is 1. The fraction of sp³-hybridized carbons (Fsp3) is 0.154. The Morgan fingerprint density at radius 3 is 1.93 bits per heavy atom. The van der Waals surface area contributed by atoms with E-state index in [4.69, 9.17) is 0 Å². The second-order valence-corrected chi connectivity index (χ2v) is 8.06. The van der Waals surface area contributed by atoms with Crippen LogP contribution in [0.15, 0.2) is 94.8 Å². The monoisotopic (exact) mass is 377 g/mol. The van der Waals surface area contributed by atoms with Gasteiger partial charge in [-0.3, -0.25) is 0 Å². The molecule has 0 radical (unpaired) electrons. The third-order valence-corrected chi connectivity index (χ3v) is 6.05. The summed E-state index contributed by atoms with van der Waals surface area (Å²) in [5.41, 5.74) is 9.42. The van der Waals surface area contributed by atoms with Crippen LogP contribution in [0.2, 0.25) is 0 Å². The van der Waals surface area contributed by atoms with Gasteiger partial charge in [0.25, 0.3) is 0 Å². The lowest BCUT2D eigenvalue weighted by Crippen LogP contribution is -2.23. The highest BCUT2D eigenvalue weighted by atomic mass is 15.2. The summed E-state index contributed by atoms with van der Waals surface area (Å²) in [6.07, 6.45) is 3.90. The molecule has 1 aliphatic heterocycles. The first-order valence-corrected chi connectivity index (χ1v) is 9.93. The molecule has 3 aromatic carbocycles. The molecule has 1 heterocycles. The van der Waals surface area contributed by atoms with Crippen molar-refractivity contribution in [1.82, 2.24) is 0 Å². The molecule has 29 heavy (non-hydrogen) atoms. The van der Waals surface area contributed by atoms with Crippen molar-refractivity contribution in [3.63, 3.8) is 0 Å². The average Bonchev–Trinajstić information content (AvgIpc) is 3.16. The highest BCUT2D eigenvalue weighted by Gasteiger charge is 2.37. The summed E-state index contributed by atoms with van der Waals surface area (Å²) in [5, 5.41) is 9.05. The van der Waals surface area contributed by atoms with Crippen molar-refractivity contribution < 1.29 is 0 Å². The minimum absolute atomic E-state index is 0.0585. The molecule has 0 aromatic heterocycles. The molecule has 0 bridgehead atoms. The van der Waals surface area contributed by atoms with Crippen LogP contribution in [0.1, 0.15) is 30.5 Å². The molecule has 0 spiro atoms. The molecule has 0 unspecified atom stereocenters. The van der Waals surface area contributed by atoms with E-state index < -0.39 is 0 Å². The summed E-state index contributed by atoms with van der Waals surface area (Å²) in [5.74, 6) is 0. The van der Waals surface area contributed by atoms with Crippen molar-refractivity contribution in [2.45, 2.75) is 19.3 Å². The van der Waals surface area contributed by atoms with Gasteiger partial charge in [0.1, 0.15) is 5.71 Å². The van der Waals surface area contributed by atoms with Crippen LogP contribution >= 0.6 is 0 Å². The Bertz CT molecular complexity index is 1150. The molecule has 0 fully saturated rings. The maximum absolute atomic E-state index is 4.61. The number of para-hydroxylation sites is 1. The summed E-state index contributed by atoms with van der Waals surface area (Å²) in [4.78, 5) is 2.24. The second-order valence-electron chi connectivity index (χ2n) is 8.06. The van der Waals surface area contributed by atoms with Gasteiger partial charge in [-0.1, -0.05) is 80.6 Å². The predicted molar refractivity (Wildman–Crippen MR) is 122 cm³/mol. The Balaban J connectivity index is 1.50. The molecule has 0 saturated heterocycles. The lowest BCUT2D eigenvalue weighted by atomic mass is 9.84. The van der Waals surface area contributed by atoms with Crippen molar-refractivity contribution in [2.75, 3.05) is 11.9 Å². The van der Waals surface area contributed by atoms with E-state index in [9.17, 15) is 0 Å². The zero-order valence-corrected chi connectivity index (χ0v) is 16.9. The topological polar surface area (TPSA) is 28.0 Å². The predicted octanol–water partition coefficient (Wildman–Crippen LogP) is 5.80. The fourth-order valence-corrected chi connectivity index (χ4v) is 4.60. The Morgan fingerprint density at radius 1 is 0.759 bits per heavy atom. The van der Waals surface area contributed by atoms with Gasteiger partial charge in [0.05, 0.1) is 6.21 Å². The minimum atomic E-state index is -0.0585. The Morgan fingerprint density at radius 2 is 1.31 bits per heavy atom. The van der Waals surface area contributed by atoms with E-state index in [0.717, 1.165) is 16.8 Å². The normalized spacial score (nSPS) is 17.6. The number of likely N-dealkylation sites (N-methyl/N-ethyl adjacent to an activating group) is 1. The summed E-state index contributed by atoms with van der Waals surface area (Å²) in [6, 6.07) is 25.3. The van der Waals surface area contributed by atoms with Crippen LogP contribution in [0.25, 0.3) is 11.1 Å². The second kappa shape index (κ2) is 6.56. The number of rotatable bonds is 2. The van der Waals surface area contributed by atoms with Gasteiger partial charge >= 0.3 is 0 Å².